The van der Waals surface area contributed by atoms with E-state index in [2.05, 4.69) is 53.8 Å². The van der Waals surface area contributed by atoms with Crippen LogP contribution >= 0.6 is 11.8 Å². The van der Waals surface area contributed by atoms with Gasteiger partial charge >= 0.3 is 0 Å². The van der Waals surface area contributed by atoms with Gasteiger partial charge in [0.2, 0.25) is 0 Å². The number of aromatic nitrogens is 1. The van der Waals surface area contributed by atoms with Gasteiger partial charge in [-0.2, -0.15) is 0 Å². The van der Waals surface area contributed by atoms with Gasteiger partial charge in [-0.25, -0.2) is 0 Å². The van der Waals surface area contributed by atoms with Crippen molar-refractivity contribution >= 4 is 11.8 Å². The summed E-state index contributed by atoms with van der Waals surface area (Å²) in [5.41, 5.74) is 2.55. The fourth-order valence-electron chi connectivity index (χ4n) is 2.02. The molecule has 2 N–H and O–H groups in total. The number of thioether (sulfide) groups is 1. The summed E-state index contributed by atoms with van der Waals surface area (Å²) >= 11 is 1.79. The van der Waals surface area contributed by atoms with E-state index in [1.54, 1.807) is 11.8 Å². The molecule has 2 aromatic rings. The molecule has 17 heavy (non-hydrogen) atoms. The summed E-state index contributed by atoms with van der Waals surface area (Å²) in [7, 11) is 0. The molecule has 0 fully saturated rings. The molecule has 2 nitrogen and oxygen atoms in total. The van der Waals surface area contributed by atoms with Gasteiger partial charge in [0.05, 0.1) is 6.04 Å². The second-order valence-corrected chi connectivity index (χ2v) is 4.71. The minimum Gasteiger partial charge on any atom is -0.363 e. The van der Waals surface area contributed by atoms with Crippen molar-refractivity contribution in [2.75, 3.05) is 12.8 Å². The van der Waals surface area contributed by atoms with Crippen molar-refractivity contribution in [3.05, 3.63) is 53.9 Å². The van der Waals surface area contributed by atoms with Crippen LogP contribution in [0.3, 0.4) is 0 Å². The first-order valence-corrected chi connectivity index (χ1v) is 7.09. The summed E-state index contributed by atoms with van der Waals surface area (Å²) in [4.78, 5) is 4.63. The maximum atomic E-state index is 3.53. The fraction of sp³-hybridized carbons (Fsp3) is 0.286. The van der Waals surface area contributed by atoms with Gasteiger partial charge in [0.1, 0.15) is 0 Å². The number of aromatic amines is 1. The molecule has 0 spiro atoms. The third-order valence-corrected chi connectivity index (χ3v) is 3.60. The molecule has 0 saturated carbocycles. The fourth-order valence-corrected chi connectivity index (χ4v) is 2.66. The monoisotopic (exact) mass is 246 g/mol. The van der Waals surface area contributed by atoms with E-state index in [-0.39, 0.29) is 6.04 Å². The van der Waals surface area contributed by atoms with E-state index in [1.165, 1.54) is 16.2 Å². The Labute approximate surface area is 107 Å². The predicted octanol–water partition coefficient (Wildman–Crippen LogP) is 3.44. The van der Waals surface area contributed by atoms with Crippen LogP contribution in [-0.4, -0.2) is 17.8 Å². The molecule has 1 aromatic heterocycles. The lowest BCUT2D eigenvalue weighted by Crippen LogP contribution is -2.22. The molecule has 1 aromatic carbocycles. The first-order valence-electron chi connectivity index (χ1n) is 5.86. The van der Waals surface area contributed by atoms with E-state index < -0.39 is 0 Å². The number of hydrogen-bond donors (Lipinski definition) is 2. The van der Waals surface area contributed by atoms with E-state index in [0.29, 0.717) is 0 Å². The van der Waals surface area contributed by atoms with Gasteiger partial charge in [-0.15, -0.1) is 11.8 Å². The summed E-state index contributed by atoms with van der Waals surface area (Å²) in [6, 6.07) is 13.0. The van der Waals surface area contributed by atoms with Crippen molar-refractivity contribution in [2.24, 2.45) is 0 Å². The molecular formula is C14H18N2S. The average Bonchev–Trinajstić information content (AvgIpc) is 2.89. The molecule has 0 radical (unpaired) electrons. The van der Waals surface area contributed by atoms with Gasteiger partial charge < -0.3 is 10.3 Å². The summed E-state index contributed by atoms with van der Waals surface area (Å²) in [5, 5.41) is 3.53. The van der Waals surface area contributed by atoms with Crippen LogP contribution in [0.1, 0.15) is 24.2 Å². The number of hydrogen-bond acceptors (Lipinski definition) is 2. The van der Waals surface area contributed by atoms with Crippen LogP contribution in [0, 0.1) is 0 Å². The zero-order valence-electron chi connectivity index (χ0n) is 10.2. The largest absolute Gasteiger partial charge is 0.363 e. The third kappa shape index (κ3) is 2.73. The first-order chi connectivity index (χ1) is 8.36. The molecule has 1 unspecified atom stereocenters. The first kappa shape index (κ1) is 12.3. The zero-order chi connectivity index (χ0) is 12.1. The second-order valence-electron chi connectivity index (χ2n) is 3.86. The van der Waals surface area contributed by atoms with Crippen LogP contribution in [0.25, 0.3) is 0 Å². The van der Waals surface area contributed by atoms with E-state index in [4.69, 9.17) is 0 Å². The Kier molecular flexibility index (Phi) is 4.29. The zero-order valence-corrected chi connectivity index (χ0v) is 11.1. The number of H-pyrrole nitrogens is 1. The highest BCUT2D eigenvalue weighted by atomic mass is 32.2. The number of nitrogens with one attached hydrogen (secondary N) is 2. The van der Waals surface area contributed by atoms with E-state index in [0.717, 1.165) is 6.54 Å². The van der Waals surface area contributed by atoms with Gasteiger partial charge in [0.15, 0.2) is 0 Å². The maximum absolute atomic E-state index is 3.53. The van der Waals surface area contributed by atoms with E-state index in [9.17, 15) is 0 Å². The highest BCUT2D eigenvalue weighted by Gasteiger charge is 2.16. The highest BCUT2D eigenvalue weighted by Crippen LogP contribution is 2.29. The minimum absolute atomic E-state index is 0.249. The quantitative estimate of drug-likeness (QED) is 0.791. The van der Waals surface area contributed by atoms with Crippen molar-refractivity contribution in [3.63, 3.8) is 0 Å². The lowest BCUT2D eigenvalue weighted by Gasteiger charge is -2.19. The molecule has 0 saturated heterocycles. The van der Waals surface area contributed by atoms with Gasteiger partial charge in [0, 0.05) is 16.8 Å². The molecule has 1 heterocycles. The molecular weight excluding hydrogens is 228 g/mol. The Hall–Kier alpha value is -1.19. The minimum atomic E-state index is 0.249. The van der Waals surface area contributed by atoms with Crippen LogP contribution < -0.4 is 5.32 Å². The molecule has 1 atom stereocenters. The standard InChI is InChI=1S/C14H18N2S/c1-3-15-14(12-8-6-10-16-12)11-7-4-5-9-13(11)17-2/h4-10,14-16H,3H2,1-2H3. The Morgan fingerprint density at radius 2 is 2.06 bits per heavy atom. The van der Waals surface area contributed by atoms with Crippen LogP contribution in [-0.2, 0) is 0 Å². The van der Waals surface area contributed by atoms with E-state index in [1.807, 2.05) is 12.3 Å². The molecule has 0 aliphatic heterocycles. The van der Waals surface area contributed by atoms with Crippen LogP contribution in [0.2, 0.25) is 0 Å². The SMILES string of the molecule is CCNC(c1ccc[nH]1)c1ccccc1SC. The van der Waals surface area contributed by atoms with Crippen LogP contribution in [0.4, 0.5) is 0 Å². The predicted molar refractivity (Wildman–Crippen MR) is 74.5 cm³/mol. The third-order valence-electron chi connectivity index (χ3n) is 2.79. The van der Waals surface area contributed by atoms with Crippen molar-refractivity contribution in [1.29, 1.82) is 0 Å². The van der Waals surface area contributed by atoms with Gasteiger partial charge in [0.25, 0.3) is 0 Å². The van der Waals surface area contributed by atoms with Crippen molar-refractivity contribution in [3.8, 4) is 0 Å². The summed E-state index contributed by atoms with van der Waals surface area (Å²) < 4.78 is 0. The molecule has 2 rings (SSSR count). The Morgan fingerprint density at radius 3 is 2.71 bits per heavy atom. The summed E-state index contributed by atoms with van der Waals surface area (Å²) in [5.74, 6) is 0. The summed E-state index contributed by atoms with van der Waals surface area (Å²) in [6.07, 6.45) is 4.10. The topological polar surface area (TPSA) is 27.8 Å². The normalized spacial score (nSPS) is 12.6. The maximum Gasteiger partial charge on any atom is 0.0739 e. The van der Waals surface area contributed by atoms with Crippen LogP contribution in [0.5, 0.6) is 0 Å². The molecule has 0 bridgehead atoms. The lowest BCUT2D eigenvalue weighted by atomic mass is 10.0. The van der Waals surface area contributed by atoms with Crippen molar-refractivity contribution in [1.82, 2.24) is 10.3 Å². The highest BCUT2D eigenvalue weighted by molar-refractivity contribution is 7.98. The Balaban J connectivity index is 2.39. The number of benzene rings is 1. The molecule has 90 valence electrons. The van der Waals surface area contributed by atoms with Gasteiger partial charge in [-0.3, -0.25) is 0 Å². The smallest absolute Gasteiger partial charge is 0.0739 e. The van der Waals surface area contributed by atoms with Crippen molar-refractivity contribution < 1.29 is 0 Å². The Morgan fingerprint density at radius 1 is 1.24 bits per heavy atom. The molecule has 0 aliphatic rings. The van der Waals surface area contributed by atoms with E-state index >= 15 is 0 Å². The molecule has 0 aliphatic carbocycles. The van der Waals surface area contributed by atoms with Gasteiger partial charge in [-0.05, 0) is 36.6 Å². The average molecular weight is 246 g/mol. The molecule has 0 amide bonds. The number of rotatable bonds is 5. The van der Waals surface area contributed by atoms with Crippen LogP contribution in [0.15, 0.2) is 47.5 Å². The lowest BCUT2D eigenvalue weighted by molar-refractivity contribution is 0.610. The second kappa shape index (κ2) is 5.94. The van der Waals surface area contributed by atoms with Gasteiger partial charge in [-0.1, -0.05) is 25.1 Å². The van der Waals surface area contributed by atoms with Crippen molar-refractivity contribution in [2.45, 2.75) is 17.9 Å². The molecule has 3 heteroatoms. The summed E-state index contributed by atoms with van der Waals surface area (Å²) in [6.45, 7) is 3.09. The Bertz CT molecular complexity index is 451.